The van der Waals surface area contributed by atoms with Crippen molar-refractivity contribution in [2.45, 2.75) is 19.8 Å². The minimum atomic E-state index is 0.177. The van der Waals surface area contributed by atoms with Crippen molar-refractivity contribution in [1.29, 1.82) is 0 Å². The first kappa shape index (κ1) is 13.9. The van der Waals surface area contributed by atoms with E-state index in [0.717, 1.165) is 17.6 Å². The highest BCUT2D eigenvalue weighted by molar-refractivity contribution is 7.71. The van der Waals surface area contributed by atoms with Gasteiger partial charge in [-0.2, -0.15) is 13.8 Å². The van der Waals surface area contributed by atoms with E-state index in [0.29, 0.717) is 31.5 Å². The van der Waals surface area contributed by atoms with Gasteiger partial charge in [0, 0.05) is 5.92 Å². The van der Waals surface area contributed by atoms with Gasteiger partial charge in [-0.05, 0) is 18.3 Å². The maximum atomic E-state index is 6.35. The van der Waals surface area contributed by atoms with E-state index in [4.69, 9.17) is 35.4 Å². The van der Waals surface area contributed by atoms with Gasteiger partial charge < -0.3 is 0 Å². The van der Waals surface area contributed by atoms with Crippen LogP contribution in [0.25, 0.3) is 16.7 Å². The Bertz CT molecular complexity index is 848. The van der Waals surface area contributed by atoms with Gasteiger partial charge in [0.15, 0.2) is 4.77 Å². The highest BCUT2D eigenvalue weighted by Gasteiger charge is 2.20. The third-order valence-electron chi connectivity index (χ3n) is 2.86. The largest absolute Gasteiger partial charge is 0.268 e. The van der Waals surface area contributed by atoms with Crippen molar-refractivity contribution in [3.05, 3.63) is 26.7 Å². The monoisotopic (exact) mass is 345 g/mol. The Labute approximate surface area is 133 Å². The van der Waals surface area contributed by atoms with Gasteiger partial charge in [-0.3, -0.25) is 9.67 Å². The second-order valence-electron chi connectivity index (χ2n) is 4.53. The third kappa shape index (κ3) is 2.05. The number of fused-ring (bicyclic) bond motifs is 1. The zero-order chi connectivity index (χ0) is 14.4. The van der Waals surface area contributed by atoms with E-state index in [2.05, 4.69) is 18.9 Å². The van der Waals surface area contributed by atoms with Crippen LogP contribution in [0.1, 0.15) is 25.6 Å². The van der Waals surface area contributed by atoms with Gasteiger partial charge in [-0.25, -0.2) is 0 Å². The Morgan fingerprint density at radius 1 is 1.25 bits per heavy atom. The van der Waals surface area contributed by atoms with Gasteiger partial charge >= 0.3 is 0 Å². The van der Waals surface area contributed by atoms with Gasteiger partial charge in [0.05, 0.1) is 27.5 Å². The first-order valence-corrected chi connectivity index (χ1v) is 7.68. The number of hydrogen-bond acceptors (Lipinski definition) is 5. The lowest BCUT2D eigenvalue weighted by Gasteiger charge is -2.11. The lowest BCUT2D eigenvalue weighted by atomic mass is 10.2. The smallest absolute Gasteiger partial charge is 0.200 e. The molecule has 1 N–H and O–H groups in total. The standard InChI is InChI=1S/C11H9Cl2N5S2/c1-4(2)10-14-15-11(19)18(10)9-6(13)3-5(12)7-8(9)17-20-16-7/h3-4H,1-2H3,(H,15,19). The number of rotatable bonds is 2. The number of aromatic nitrogens is 5. The van der Waals surface area contributed by atoms with Gasteiger partial charge in [-0.15, -0.1) is 0 Å². The molecule has 5 nitrogen and oxygen atoms in total. The fourth-order valence-electron chi connectivity index (χ4n) is 1.99. The average molecular weight is 346 g/mol. The second-order valence-corrected chi connectivity index (χ2v) is 6.26. The molecular formula is C11H9Cl2N5S2. The van der Waals surface area contributed by atoms with Crippen LogP contribution >= 0.6 is 47.1 Å². The number of hydrogen-bond donors (Lipinski definition) is 1. The molecule has 3 aromatic rings. The maximum Gasteiger partial charge on any atom is 0.200 e. The summed E-state index contributed by atoms with van der Waals surface area (Å²) in [4.78, 5) is 0. The normalized spacial score (nSPS) is 11.7. The molecule has 0 atom stereocenters. The van der Waals surface area contributed by atoms with Crippen LogP contribution in [0.3, 0.4) is 0 Å². The number of nitrogens with zero attached hydrogens (tertiary/aromatic N) is 4. The molecule has 0 aliphatic carbocycles. The molecule has 0 bridgehead atoms. The molecule has 9 heteroatoms. The summed E-state index contributed by atoms with van der Waals surface area (Å²) in [5, 5.41) is 7.99. The minimum absolute atomic E-state index is 0.177. The lowest BCUT2D eigenvalue weighted by molar-refractivity contribution is 0.745. The van der Waals surface area contributed by atoms with Crippen LogP contribution in [0.4, 0.5) is 0 Å². The maximum absolute atomic E-state index is 6.35. The molecular weight excluding hydrogens is 337 g/mol. The molecule has 0 fully saturated rings. The molecule has 0 saturated heterocycles. The number of H-pyrrole nitrogens is 1. The molecule has 0 unspecified atom stereocenters. The predicted octanol–water partition coefficient (Wildman–Crippen LogP) is 4.36. The number of nitrogens with one attached hydrogen (secondary N) is 1. The number of benzene rings is 1. The minimum Gasteiger partial charge on any atom is -0.268 e. The third-order valence-corrected chi connectivity index (χ3v) is 4.24. The van der Waals surface area contributed by atoms with E-state index < -0.39 is 0 Å². The van der Waals surface area contributed by atoms with E-state index in [1.807, 2.05) is 13.8 Å². The average Bonchev–Trinajstić information content (AvgIpc) is 2.97. The molecule has 1 aromatic carbocycles. The van der Waals surface area contributed by atoms with Crippen molar-refractivity contribution in [3.8, 4) is 5.69 Å². The Balaban J connectivity index is 2.44. The van der Waals surface area contributed by atoms with Crippen LogP contribution in [-0.2, 0) is 0 Å². The quantitative estimate of drug-likeness (QED) is 0.700. The van der Waals surface area contributed by atoms with Crippen LogP contribution in [0.2, 0.25) is 10.0 Å². The number of aromatic amines is 1. The van der Waals surface area contributed by atoms with Gasteiger partial charge in [0.2, 0.25) is 0 Å². The molecule has 0 saturated carbocycles. The zero-order valence-electron chi connectivity index (χ0n) is 10.5. The first-order valence-electron chi connectivity index (χ1n) is 5.78. The number of halogens is 2. The van der Waals surface area contributed by atoms with Crippen molar-refractivity contribution in [3.63, 3.8) is 0 Å². The molecule has 2 aromatic heterocycles. The molecule has 3 rings (SSSR count). The molecule has 0 aliphatic rings. The van der Waals surface area contributed by atoms with E-state index in [-0.39, 0.29) is 5.92 Å². The van der Waals surface area contributed by atoms with E-state index in [1.165, 1.54) is 0 Å². The Morgan fingerprint density at radius 3 is 2.65 bits per heavy atom. The van der Waals surface area contributed by atoms with E-state index in [1.54, 1.807) is 10.6 Å². The van der Waals surface area contributed by atoms with E-state index >= 15 is 0 Å². The molecule has 20 heavy (non-hydrogen) atoms. The topological polar surface area (TPSA) is 59.4 Å². The fourth-order valence-corrected chi connectivity index (χ4v) is 3.41. The lowest BCUT2D eigenvalue weighted by Crippen LogP contribution is -2.05. The summed E-state index contributed by atoms with van der Waals surface area (Å²) in [6.07, 6.45) is 0. The Morgan fingerprint density at radius 2 is 1.95 bits per heavy atom. The Kier molecular flexibility index (Phi) is 3.53. The molecule has 104 valence electrons. The summed E-state index contributed by atoms with van der Waals surface area (Å²) in [6, 6.07) is 1.65. The summed E-state index contributed by atoms with van der Waals surface area (Å²) >= 11 is 18.9. The summed E-state index contributed by atoms with van der Waals surface area (Å²) in [7, 11) is 0. The predicted molar refractivity (Wildman–Crippen MR) is 83.8 cm³/mol. The van der Waals surface area contributed by atoms with E-state index in [9.17, 15) is 0 Å². The molecule has 0 aliphatic heterocycles. The van der Waals surface area contributed by atoms with Gasteiger partial charge in [0.1, 0.15) is 16.9 Å². The molecule has 0 radical (unpaired) electrons. The summed E-state index contributed by atoms with van der Waals surface area (Å²) in [5.74, 6) is 0.963. The summed E-state index contributed by atoms with van der Waals surface area (Å²) in [6.45, 7) is 4.06. The molecule has 0 spiro atoms. The zero-order valence-corrected chi connectivity index (χ0v) is 13.7. The van der Waals surface area contributed by atoms with Crippen molar-refractivity contribution >= 4 is 58.2 Å². The van der Waals surface area contributed by atoms with Crippen LogP contribution in [0.15, 0.2) is 6.07 Å². The highest BCUT2D eigenvalue weighted by Crippen LogP contribution is 2.35. The summed E-state index contributed by atoms with van der Waals surface area (Å²) in [5.41, 5.74) is 1.92. The Hall–Kier alpha value is -1.02. The van der Waals surface area contributed by atoms with Crippen molar-refractivity contribution in [1.82, 2.24) is 23.5 Å². The molecule has 2 heterocycles. The van der Waals surface area contributed by atoms with Crippen molar-refractivity contribution in [2.24, 2.45) is 0 Å². The van der Waals surface area contributed by atoms with Crippen LogP contribution in [-0.4, -0.2) is 23.5 Å². The first-order chi connectivity index (χ1) is 9.50. The van der Waals surface area contributed by atoms with Gasteiger partial charge in [0.25, 0.3) is 0 Å². The van der Waals surface area contributed by atoms with Crippen LogP contribution < -0.4 is 0 Å². The van der Waals surface area contributed by atoms with Crippen molar-refractivity contribution in [2.75, 3.05) is 0 Å². The molecule has 0 amide bonds. The van der Waals surface area contributed by atoms with Crippen LogP contribution in [0.5, 0.6) is 0 Å². The summed E-state index contributed by atoms with van der Waals surface area (Å²) < 4.78 is 10.7. The second kappa shape index (κ2) is 5.07. The highest BCUT2D eigenvalue weighted by atomic mass is 35.5. The van der Waals surface area contributed by atoms with Gasteiger partial charge in [-0.1, -0.05) is 37.0 Å². The fraction of sp³-hybridized carbons (Fsp3) is 0.273. The van der Waals surface area contributed by atoms with Crippen LogP contribution in [0, 0.1) is 4.77 Å². The van der Waals surface area contributed by atoms with Crippen molar-refractivity contribution < 1.29 is 0 Å². The SMILES string of the molecule is CC(C)c1n[nH]c(=S)n1-c1c(Cl)cc(Cl)c2nsnc12.